The number of amides is 1. The Morgan fingerprint density at radius 2 is 2.14 bits per heavy atom. The van der Waals surface area contributed by atoms with Gasteiger partial charge in [-0.3, -0.25) is 9.48 Å². The minimum Gasteiger partial charge on any atom is -0.350 e. The first-order valence-corrected chi connectivity index (χ1v) is 7.10. The predicted molar refractivity (Wildman–Crippen MR) is 77.6 cm³/mol. The van der Waals surface area contributed by atoms with Gasteiger partial charge in [0, 0.05) is 43.9 Å². The number of anilines is 1. The van der Waals surface area contributed by atoms with E-state index in [0.717, 1.165) is 31.9 Å². The minimum absolute atomic E-state index is 0.0143. The molecule has 0 spiro atoms. The van der Waals surface area contributed by atoms with Crippen molar-refractivity contribution in [3.63, 3.8) is 0 Å². The first-order valence-electron chi connectivity index (χ1n) is 7.10. The van der Waals surface area contributed by atoms with E-state index in [2.05, 4.69) is 25.3 Å². The highest BCUT2D eigenvalue weighted by Crippen LogP contribution is 2.15. The van der Waals surface area contributed by atoms with E-state index in [9.17, 15) is 4.79 Å². The van der Waals surface area contributed by atoms with Crippen molar-refractivity contribution in [3.05, 3.63) is 36.9 Å². The summed E-state index contributed by atoms with van der Waals surface area (Å²) in [6.45, 7) is 1.93. The fraction of sp³-hybridized carbons (Fsp3) is 0.429. The number of nitrogens with one attached hydrogen (secondary N) is 1. The van der Waals surface area contributed by atoms with Crippen molar-refractivity contribution in [3.8, 4) is 0 Å². The van der Waals surface area contributed by atoms with Gasteiger partial charge in [-0.15, -0.1) is 0 Å². The Morgan fingerprint density at radius 1 is 1.29 bits per heavy atom. The summed E-state index contributed by atoms with van der Waals surface area (Å²) in [6.07, 6.45) is 8.93. The summed E-state index contributed by atoms with van der Waals surface area (Å²) >= 11 is 0. The summed E-state index contributed by atoms with van der Waals surface area (Å²) in [7, 11) is 0. The van der Waals surface area contributed by atoms with Crippen LogP contribution in [0.15, 0.2) is 36.9 Å². The second-order valence-corrected chi connectivity index (χ2v) is 5.11. The average molecular weight is 286 g/mol. The summed E-state index contributed by atoms with van der Waals surface area (Å²) in [4.78, 5) is 22.6. The number of nitrogens with zero attached hydrogens (tertiary/aromatic N) is 5. The molecule has 1 atom stereocenters. The Bertz CT molecular complexity index is 570. The molecule has 7 nitrogen and oxygen atoms in total. The van der Waals surface area contributed by atoms with Gasteiger partial charge in [-0.2, -0.15) is 5.10 Å². The van der Waals surface area contributed by atoms with E-state index >= 15 is 0 Å². The summed E-state index contributed by atoms with van der Waals surface area (Å²) in [6, 6.07) is 3.74. The van der Waals surface area contributed by atoms with E-state index in [-0.39, 0.29) is 18.5 Å². The lowest BCUT2D eigenvalue weighted by Crippen LogP contribution is -2.49. The number of rotatable bonds is 4. The fourth-order valence-corrected chi connectivity index (χ4v) is 2.55. The normalized spacial score (nSPS) is 18.5. The maximum absolute atomic E-state index is 12.0. The molecule has 3 rings (SSSR count). The van der Waals surface area contributed by atoms with Crippen LogP contribution >= 0.6 is 0 Å². The summed E-state index contributed by atoms with van der Waals surface area (Å²) in [5, 5.41) is 7.10. The third-order valence-electron chi connectivity index (χ3n) is 3.49. The molecule has 0 aliphatic carbocycles. The molecule has 3 heterocycles. The monoisotopic (exact) mass is 286 g/mol. The predicted octanol–water partition coefficient (Wildman–Crippen LogP) is 0.458. The molecule has 7 heteroatoms. The van der Waals surface area contributed by atoms with Crippen LogP contribution in [-0.2, 0) is 11.3 Å². The number of hydrogen-bond donors (Lipinski definition) is 1. The van der Waals surface area contributed by atoms with E-state index < -0.39 is 0 Å². The van der Waals surface area contributed by atoms with E-state index in [1.807, 2.05) is 6.07 Å². The van der Waals surface area contributed by atoms with Gasteiger partial charge in [-0.25, -0.2) is 9.97 Å². The van der Waals surface area contributed by atoms with Crippen LogP contribution in [0.5, 0.6) is 0 Å². The Balaban J connectivity index is 1.55. The molecule has 2 aromatic rings. The molecule has 110 valence electrons. The van der Waals surface area contributed by atoms with E-state index in [0.29, 0.717) is 0 Å². The standard InChI is InChI=1S/C14H18N6O/c21-13(11-20-9-3-7-17-20)18-12-4-1-8-19(10-12)14-15-5-2-6-16-14/h2-3,5-7,9,12H,1,4,8,10-11H2,(H,18,21)/t12-/m1/s1. The third kappa shape index (κ3) is 3.56. The SMILES string of the molecule is O=C(Cn1cccn1)N[C@@H]1CCCN(c2ncccn2)C1. The van der Waals surface area contributed by atoms with Gasteiger partial charge in [0.15, 0.2) is 0 Å². The van der Waals surface area contributed by atoms with Crippen molar-refractivity contribution < 1.29 is 4.79 Å². The Labute approximate surface area is 123 Å². The van der Waals surface area contributed by atoms with E-state index in [1.54, 1.807) is 35.5 Å². The zero-order valence-electron chi connectivity index (χ0n) is 11.7. The zero-order chi connectivity index (χ0) is 14.5. The molecule has 1 amide bonds. The first kappa shape index (κ1) is 13.5. The van der Waals surface area contributed by atoms with Crippen LogP contribution in [-0.4, -0.2) is 44.8 Å². The molecular weight excluding hydrogens is 268 g/mol. The van der Waals surface area contributed by atoms with Gasteiger partial charge in [0.2, 0.25) is 11.9 Å². The van der Waals surface area contributed by atoms with Crippen molar-refractivity contribution in [1.82, 2.24) is 25.1 Å². The largest absolute Gasteiger partial charge is 0.350 e. The lowest BCUT2D eigenvalue weighted by Gasteiger charge is -2.33. The Kier molecular flexibility index (Phi) is 4.09. The molecule has 0 saturated carbocycles. The van der Waals surface area contributed by atoms with E-state index in [1.165, 1.54) is 0 Å². The van der Waals surface area contributed by atoms with Crippen LogP contribution in [0.25, 0.3) is 0 Å². The van der Waals surface area contributed by atoms with Crippen molar-refractivity contribution in [2.75, 3.05) is 18.0 Å². The van der Waals surface area contributed by atoms with Crippen molar-refractivity contribution in [1.29, 1.82) is 0 Å². The molecule has 0 radical (unpaired) electrons. The van der Waals surface area contributed by atoms with Gasteiger partial charge >= 0.3 is 0 Å². The highest BCUT2D eigenvalue weighted by molar-refractivity contribution is 5.76. The van der Waals surface area contributed by atoms with Crippen LogP contribution in [0.4, 0.5) is 5.95 Å². The molecule has 0 bridgehead atoms. The second-order valence-electron chi connectivity index (χ2n) is 5.11. The molecule has 1 saturated heterocycles. The van der Waals surface area contributed by atoms with E-state index in [4.69, 9.17) is 0 Å². The van der Waals surface area contributed by atoms with Crippen molar-refractivity contribution >= 4 is 11.9 Å². The lowest BCUT2D eigenvalue weighted by atomic mass is 10.1. The van der Waals surface area contributed by atoms with Crippen LogP contribution in [0.2, 0.25) is 0 Å². The lowest BCUT2D eigenvalue weighted by molar-refractivity contribution is -0.122. The van der Waals surface area contributed by atoms with Crippen LogP contribution in [0, 0.1) is 0 Å². The smallest absolute Gasteiger partial charge is 0.242 e. The molecule has 0 unspecified atom stereocenters. The number of carbonyl (C=O) groups is 1. The molecular formula is C14H18N6O. The molecule has 1 N–H and O–H groups in total. The average Bonchev–Trinajstić information content (AvgIpc) is 3.01. The summed E-state index contributed by atoms with van der Waals surface area (Å²) in [5.41, 5.74) is 0. The van der Waals surface area contributed by atoms with Crippen LogP contribution in [0.3, 0.4) is 0 Å². The highest BCUT2D eigenvalue weighted by Gasteiger charge is 2.22. The second kappa shape index (κ2) is 6.34. The summed E-state index contributed by atoms with van der Waals surface area (Å²) in [5.74, 6) is 0.711. The van der Waals surface area contributed by atoms with Gasteiger partial charge in [0.05, 0.1) is 0 Å². The van der Waals surface area contributed by atoms with Gasteiger partial charge in [0.25, 0.3) is 0 Å². The quantitative estimate of drug-likeness (QED) is 0.883. The van der Waals surface area contributed by atoms with Crippen LogP contribution in [0.1, 0.15) is 12.8 Å². The van der Waals surface area contributed by atoms with Crippen molar-refractivity contribution in [2.24, 2.45) is 0 Å². The number of aromatic nitrogens is 4. The van der Waals surface area contributed by atoms with Gasteiger partial charge < -0.3 is 10.2 Å². The number of hydrogen-bond acceptors (Lipinski definition) is 5. The molecule has 2 aromatic heterocycles. The number of piperidine rings is 1. The molecule has 1 aliphatic heterocycles. The maximum Gasteiger partial charge on any atom is 0.242 e. The molecule has 21 heavy (non-hydrogen) atoms. The maximum atomic E-state index is 12.0. The number of carbonyl (C=O) groups excluding carboxylic acids is 1. The summed E-state index contributed by atoms with van der Waals surface area (Å²) < 4.78 is 1.62. The van der Waals surface area contributed by atoms with Gasteiger partial charge in [0.1, 0.15) is 6.54 Å². The van der Waals surface area contributed by atoms with Gasteiger partial charge in [-0.05, 0) is 25.0 Å². The molecule has 0 aromatic carbocycles. The van der Waals surface area contributed by atoms with Crippen molar-refractivity contribution in [2.45, 2.75) is 25.4 Å². The van der Waals surface area contributed by atoms with Gasteiger partial charge in [-0.1, -0.05) is 0 Å². The minimum atomic E-state index is -0.0143. The Morgan fingerprint density at radius 3 is 2.90 bits per heavy atom. The third-order valence-corrected chi connectivity index (χ3v) is 3.49. The highest BCUT2D eigenvalue weighted by atomic mass is 16.2. The topological polar surface area (TPSA) is 75.9 Å². The fourth-order valence-electron chi connectivity index (χ4n) is 2.55. The van der Waals surface area contributed by atoms with Crippen LogP contribution < -0.4 is 10.2 Å². The molecule has 1 aliphatic rings. The zero-order valence-corrected chi connectivity index (χ0v) is 11.7. The Hall–Kier alpha value is -2.44. The molecule has 1 fully saturated rings. The first-order chi connectivity index (χ1) is 10.3.